The minimum absolute atomic E-state index is 0.157. The van der Waals surface area contributed by atoms with Crippen molar-refractivity contribution in [3.63, 3.8) is 0 Å². The summed E-state index contributed by atoms with van der Waals surface area (Å²) < 4.78 is 14.3. The Hall–Kier alpha value is -1.26. The van der Waals surface area contributed by atoms with Gasteiger partial charge in [-0.05, 0) is 68.3 Å². The van der Waals surface area contributed by atoms with Crippen LogP contribution >= 0.6 is 15.9 Å². The van der Waals surface area contributed by atoms with Gasteiger partial charge in [-0.2, -0.15) is 0 Å². The molecule has 2 nitrogen and oxygen atoms in total. The summed E-state index contributed by atoms with van der Waals surface area (Å²) in [5.41, 5.74) is 4.18. The number of nitrogens with zero attached hydrogens (tertiary/aromatic N) is 1. The molecular weight excluding hydrogens is 331 g/mol. The van der Waals surface area contributed by atoms with Crippen molar-refractivity contribution in [1.82, 2.24) is 10.3 Å². The molecular formula is C17H20BrFN2. The number of pyridine rings is 1. The quantitative estimate of drug-likeness (QED) is 0.858. The highest BCUT2D eigenvalue weighted by molar-refractivity contribution is 9.10. The van der Waals surface area contributed by atoms with Crippen LogP contribution in [-0.4, -0.2) is 11.5 Å². The minimum Gasteiger partial charge on any atom is -0.310 e. The first-order valence-electron chi connectivity index (χ1n) is 7.11. The summed E-state index contributed by atoms with van der Waals surface area (Å²) in [7, 11) is 0. The number of hydrogen-bond acceptors (Lipinski definition) is 2. The molecule has 1 aromatic carbocycles. The molecule has 0 aliphatic carbocycles. The standard InChI is InChI=1S/C17H20BrFN2/c1-4-20-17(14-5-11(2)21-12(3)6-14)9-13-7-15(18)10-16(19)8-13/h5-8,10,17,20H,4,9H2,1-3H3. The predicted molar refractivity (Wildman–Crippen MR) is 87.9 cm³/mol. The highest BCUT2D eigenvalue weighted by atomic mass is 79.9. The molecule has 0 saturated carbocycles. The van der Waals surface area contributed by atoms with Crippen molar-refractivity contribution in [2.45, 2.75) is 33.2 Å². The van der Waals surface area contributed by atoms with Gasteiger partial charge in [-0.25, -0.2) is 4.39 Å². The maximum atomic E-state index is 13.5. The highest BCUT2D eigenvalue weighted by Gasteiger charge is 2.13. The lowest BCUT2D eigenvalue weighted by atomic mass is 9.98. The monoisotopic (exact) mass is 350 g/mol. The molecule has 0 bridgehead atoms. The van der Waals surface area contributed by atoms with Gasteiger partial charge in [-0.15, -0.1) is 0 Å². The van der Waals surface area contributed by atoms with E-state index in [4.69, 9.17) is 0 Å². The summed E-state index contributed by atoms with van der Waals surface area (Å²) in [5.74, 6) is -0.211. The molecule has 0 saturated heterocycles. The van der Waals surface area contributed by atoms with E-state index in [0.717, 1.165) is 34.4 Å². The molecule has 2 aromatic rings. The van der Waals surface area contributed by atoms with Gasteiger partial charge in [0.05, 0.1) is 0 Å². The zero-order valence-corrected chi connectivity index (χ0v) is 14.2. The second kappa shape index (κ2) is 7.14. The molecule has 0 aliphatic rings. The van der Waals surface area contributed by atoms with Crippen LogP contribution < -0.4 is 5.32 Å². The maximum Gasteiger partial charge on any atom is 0.124 e. The van der Waals surface area contributed by atoms with Crippen LogP contribution in [0, 0.1) is 19.7 Å². The molecule has 1 heterocycles. The molecule has 21 heavy (non-hydrogen) atoms. The van der Waals surface area contributed by atoms with Crippen LogP contribution in [0.15, 0.2) is 34.8 Å². The smallest absolute Gasteiger partial charge is 0.124 e. The number of aromatic nitrogens is 1. The number of hydrogen-bond donors (Lipinski definition) is 1. The van der Waals surface area contributed by atoms with Crippen molar-refractivity contribution in [1.29, 1.82) is 0 Å². The minimum atomic E-state index is -0.211. The molecule has 1 atom stereocenters. The van der Waals surface area contributed by atoms with E-state index in [-0.39, 0.29) is 11.9 Å². The zero-order chi connectivity index (χ0) is 15.4. The zero-order valence-electron chi connectivity index (χ0n) is 12.6. The third-order valence-corrected chi connectivity index (χ3v) is 3.78. The van der Waals surface area contributed by atoms with E-state index < -0.39 is 0 Å². The van der Waals surface area contributed by atoms with Crippen LogP contribution in [0.4, 0.5) is 4.39 Å². The van der Waals surface area contributed by atoms with Gasteiger partial charge in [0.15, 0.2) is 0 Å². The first-order valence-corrected chi connectivity index (χ1v) is 7.90. The summed E-state index contributed by atoms with van der Waals surface area (Å²) in [4.78, 5) is 4.42. The average Bonchev–Trinajstić information content (AvgIpc) is 2.35. The molecule has 2 rings (SSSR count). The Morgan fingerprint density at radius 2 is 1.81 bits per heavy atom. The Morgan fingerprint density at radius 1 is 1.14 bits per heavy atom. The number of likely N-dealkylation sites (N-methyl/N-ethyl adjacent to an activating group) is 1. The fourth-order valence-corrected chi connectivity index (χ4v) is 3.10. The van der Waals surface area contributed by atoms with Crippen LogP contribution in [0.2, 0.25) is 0 Å². The molecule has 0 amide bonds. The largest absolute Gasteiger partial charge is 0.310 e. The summed E-state index contributed by atoms with van der Waals surface area (Å²) in [6.07, 6.45) is 0.743. The van der Waals surface area contributed by atoms with Crippen LogP contribution in [0.25, 0.3) is 0 Å². The Kier molecular flexibility index (Phi) is 5.48. The maximum absolute atomic E-state index is 13.5. The number of halogens is 2. The predicted octanol–water partition coefficient (Wildman–Crippen LogP) is 4.49. The Labute approximate surface area is 133 Å². The third kappa shape index (κ3) is 4.61. The molecule has 1 unspecified atom stereocenters. The third-order valence-electron chi connectivity index (χ3n) is 3.32. The second-order valence-corrected chi connectivity index (χ2v) is 6.19. The second-order valence-electron chi connectivity index (χ2n) is 5.28. The van der Waals surface area contributed by atoms with Crippen molar-refractivity contribution in [3.05, 3.63) is 63.1 Å². The van der Waals surface area contributed by atoms with Gasteiger partial charge >= 0.3 is 0 Å². The van der Waals surface area contributed by atoms with Gasteiger partial charge in [0.2, 0.25) is 0 Å². The molecule has 0 spiro atoms. The lowest BCUT2D eigenvalue weighted by Gasteiger charge is -2.19. The fourth-order valence-electron chi connectivity index (χ4n) is 2.59. The average molecular weight is 351 g/mol. The Balaban J connectivity index is 2.30. The number of rotatable bonds is 5. The first kappa shape index (κ1) is 16.1. The van der Waals surface area contributed by atoms with Gasteiger partial charge in [0.25, 0.3) is 0 Å². The fraction of sp³-hybridized carbons (Fsp3) is 0.353. The summed E-state index contributed by atoms with van der Waals surface area (Å²) in [5, 5.41) is 3.48. The SMILES string of the molecule is CCNC(Cc1cc(F)cc(Br)c1)c1cc(C)nc(C)c1. The molecule has 112 valence electrons. The van der Waals surface area contributed by atoms with Crippen LogP contribution in [0.5, 0.6) is 0 Å². The lowest BCUT2D eigenvalue weighted by molar-refractivity contribution is 0.545. The lowest BCUT2D eigenvalue weighted by Crippen LogP contribution is -2.23. The van der Waals surface area contributed by atoms with Crippen molar-refractivity contribution >= 4 is 15.9 Å². The van der Waals surface area contributed by atoms with E-state index in [1.54, 1.807) is 6.07 Å². The Bertz CT molecular complexity index is 588. The summed E-state index contributed by atoms with van der Waals surface area (Å²) in [6, 6.07) is 9.38. The Morgan fingerprint density at radius 3 is 2.38 bits per heavy atom. The molecule has 0 aliphatic heterocycles. The normalized spacial score (nSPS) is 12.4. The van der Waals surface area contributed by atoms with E-state index in [0.29, 0.717) is 0 Å². The number of benzene rings is 1. The molecule has 1 N–H and O–H groups in total. The number of aryl methyl sites for hydroxylation is 2. The molecule has 0 fully saturated rings. The summed E-state index contributed by atoms with van der Waals surface area (Å²) in [6.45, 7) is 6.94. The van der Waals surface area contributed by atoms with Gasteiger partial charge in [-0.1, -0.05) is 22.9 Å². The van der Waals surface area contributed by atoms with Gasteiger partial charge in [-0.3, -0.25) is 4.98 Å². The van der Waals surface area contributed by atoms with Gasteiger partial charge < -0.3 is 5.32 Å². The first-order chi connectivity index (χ1) is 9.97. The van der Waals surface area contributed by atoms with E-state index in [1.807, 2.05) is 19.9 Å². The van der Waals surface area contributed by atoms with Gasteiger partial charge in [0, 0.05) is 21.9 Å². The number of nitrogens with one attached hydrogen (secondary N) is 1. The summed E-state index contributed by atoms with van der Waals surface area (Å²) >= 11 is 3.35. The van der Waals surface area contributed by atoms with Crippen molar-refractivity contribution in [3.8, 4) is 0 Å². The van der Waals surface area contributed by atoms with Crippen molar-refractivity contribution < 1.29 is 4.39 Å². The van der Waals surface area contributed by atoms with Crippen LogP contribution in [0.1, 0.15) is 35.5 Å². The molecule has 1 aromatic heterocycles. The van der Waals surface area contributed by atoms with Crippen molar-refractivity contribution in [2.75, 3.05) is 6.54 Å². The van der Waals surface area contributed by atoms with E-state index >= 15 is 0 Å². The van der Waals surface area contributed by atoms with Crippen LogP contribution in [-0.2, 0) is 6.42 Å². The van der Waals surface area contributed by atoms with Crippen LogP contribution in [0.3, 0.4) is 0 Å². The highest BCUT2D eigenvalue weighted by Crippen LogP contribution is 2.23. The molecule has 4 heteroatoms. The van der Waals surface area contributed by atoms with Crippen molar-refractivity contribution in [2.24, 2.45) is 0 Å². The van der Waals surface area contributed by atoms with E-state index in [9.17, 15) is 4.39 Å². The van der Waals surface area contributed by atoms with E-state index in [1.165, 1.54) is 11.6 Å². The van der Waals surface area contributed by atoms with E-state index in [2.05, 4.69) is 45.3 Å². The molecule has 0 radical (unpaired) electrons. The topological polar surface area (TPSA) is 24.9 Å². The van der Waals surface area contributed by atoms with Gasteiger partial charge in [0.1, 0.15) is 5.82 Å².